The summed E-state index contributed by atoms with van der Waals surface area (Å²) in [5.41, 5.74) is 0. The fourth-order valence-corrected chi connectivity index (χ4v) is 1.99. The third-order valence-electron chi connectivity index (χ3n) is 2.81. The van der Waals surface area contributed by atoms with Gasteiger partial charge in [0.05, 0.1) is 6.61 Å². The number of hydrogen-bond acceptors (Lipinski definition) is 3. The molecule has 1 heterocycles. The molecule has 78 valence electrons. The lowest BCUT2D eigenvalue weighted by Crippen LogP contribution is -1.97. The molecule has 1 aromatic rings. The van der Waals surface area contributed by atoms with Crippen LogP contribution in [0.15, 0.2) is 0 Å². The van der Waals surface area contributed by atoms with Gasteiger partial charge in [-0.15, -0.1) is 0 Å². The van der Waals surface area contributed by atoms with Gasteiger partial charge in [0.1, 0.15) is 5.82 Å². The topological polar surface area (TPSA) is 50.8 Å². The molecule has 14 heavy (non-hydrogen) atoms. The van der Waals surface area contributed by atoms with E-state index in [1.54, 1.807) is 7.11 Å². The van der Waals surface area contributed by atoms with E-state index in [1.165, 1.54) is 25.7 Å². The molecule has 1 saturated carbocycles. The lowest BCUT2D eigenvalue weighted by Gasteiger charge is -2.00. The second-order valence-electron chi connectivity index (χ2n) is 3.86. The summed E-state index contributed by atoms with van der Waals surface area (Å²) in [5.74, 6) is 2.56. The van der Waals surface area contributed by atoms with E-state index in [-0.39, 0.29) is 0 Å². The summed E-state index contributed by atoms with van der Waals surface area (Å²) in [5, 5.41) is 7.24. The molecule has 0 amide bonds. The SMILES string of the molecule is COCCc1nc(C2CCCC2)n[nH]1. The fourth-order valence-electron chi connectivity index (χ4n) is 1.99. The summed E-state index contributed by atoms with van der Waals surface area (Å²) < 4.78 is 4.99. The first-order chi connectivity index (χ1) is 6.90. The Morgan fingerprint density at radius 1 is 1.43 bits per heavy atom. The fraction of sp³-hybridized carbons (Fsp3) is 0.800. The third-order valence-corrected chi connectivity index (χ3v) is 2.81. The molecule has 0 unspecified atom stereocenters. The molecule has 2 rings (SSSR count). The molecular weight excluding hydrogens is 178 g/mol. The van der Waals surface area contributed by atoms with Gasteiger partial charge in [-0.05, 0) is 12.8 Å². The van der Waals surface area contributed by atoms with Crippen LogP contribution in [0.2, 0.25) is 0 Å². The highest BCUT2D eigenvalue weighted by atomic mass is 16.5. The van der Waals surface area contributed by atoms with Gasteiger partial charge in [-0.1, -0.05) is 12.8 Å². The number of ether oxygens (including phenoxy) is 1. The molecule has 0 bridgehead atoms. The normalized spacial score (nSPS) is 17.8. The number of methoxy groups -OCH3 is 1. The monoisotopic (exact) mass is 195 g/mol. The number of nitrogens with zero attached hydrogens (tertiary/aromatic N) is 2. The Hall–Kier alpha value is -0.900. The van der Waals surface area contributed by atoms with Crippen LogP contribution in [0.5, 0.6) is 0 Å². The van der Waals surface area contributed by atoms with Crippen LogP contribution < -0.4 is 0 Å². The predicted molar refractivity (Wildman–Crippen MR) is 53.2 cm³/mol. The van der Waals surface area contributed by atoms with E-state index in [2.05, 4.69) is 15.2 Å². The van der Waals surface area contributed by atoms with Crippen molar-refractivity contribution in [3.05, 3.63) is 11.6 Å². The van der Waals surface area contributed by atoms with Gasteiger partial charge in [-0.2, -0.15) is 5.10 Å². The molecule has 1 fully saturated rings. The van der Waals surface area contributed by atoms with E-state index in [9.17, 15) is 0 Å². The first kappa shape index (κ1) is 9.65. The van der Waals surface area contributed by atoms with E-state index in [4.69, 9.17) is 4.74 Å². The highest BCUT2D eigenvalue weighted by Gasteiger charge is 2.20. The van der Waals surface area contributed by atoms with E-state index < -0.39 is 0 Å². The Kier molecular flexibility index (Phi) is 3.14. The zero-order valence-corrected chi connectivity index (χ0v) is 8.62. The Morgan fingerprint density at radius 2 is 2.21 bits per heavy atom. The Morgan fingerprint density at radius 3 is 2.93 bits per heavy atom. The van der Waals surface area contributed by atoms with Crippen molar-refractivity contribution in [1.82, 2.24) is 15.2 Å². The quantitative estimate of drug-likeness (QED) is 0.794. The molecule has 0 atom stereocenters. The van der Waals surface area contributed by atoms with Crippen molar-refractivity contribution in [2.45, 2.75) is 38.0 Å². The molecular formula is C10H17N3O. The van der Waals surface area contributed by atoms with Crippen molar-refractivity contribution in [2.24, 2.45) is 0 Å². The minimum Gasteiger partial charge on any atom is -0.384 e. The number of hydrogen-bond donors (Lipinski definition) is 1. The Balaban J connectivity index is 1.94. The molecule has 4 nitrogen and oxygen atoms in total. The number of rotatable bonds is 4. The summed E-state index contributed by atoms with van der Waals surface area (Å²) in [6.07, 6.45) is 5.98. The maximum absolute atomic E-state index is 4.99. The average molecular weight is 195 g/mol. The van der Waals surface area contributed by atoms with Crippen LogP contribution in [-0.4, -0.2) is 28.9 Å². The zero-order chi connectivity index (χ0) is 9.80. The molecule has 0 spiro atoms. The highest BCUT2D eigenvalue weighted by molar-refractivity contribution is 4.99. The molecule has 0 aromatic carbocycles. The highest BCUT2D eigenvalue weighted by Crippen LogP contribution is 2.31. The maximum Gasteiger partial charge on any atom is 0.153 e. The number of aromatic amines is 1. The van der Waals surface area contributed by atoms with Crippen LogP contribution in [0.3, 0.4) is 0 Å². The van der Waals surface area contributed by atoms with Crippen molar-refractivity contribution < 1.29 is 4.74 Å². The van der Waals surface area contributed by atoms with Crippen LogP contribution in [-0.2, 0) is 11.2 Å². The van der Waals surface area contributed by atoms with Crippen LogP contribution in [0.1, 0.15) is 43.3 Å². The van der Waals surface area contributed by atoms with Gasteiger partial charge in [-0.25, -0.2) is 4.98 Å². The van der Waals surface area contributed by atoms with Gasteiger partial charge in [0.25, 0.3) is 0 Å². The molecule has 1 aromatic heterocycles. The van der Waals surface area contributed by atoms with Gasteiger partial charge < -0.3 is 4.74 Å². The Bertz CT molecular complexity index is 279. The van der Waals surface area contributed by atoms with E-state index in [0.29, 0.717) is 12.5 Å². The van der Waals surface area contributed by atoms with Crippen LogP contribution in [0.4, 0.5) is 0 Å². The van der Waals surface area contributed by atoms with Crippen molar-refractivity contribution >= 4 is 0 Å². The maximum atomic E-state index is 4.99. The van der Waals surface area contributed by atoms with E-state index >= 15 is 0 Å². The molecule has 0 aliphatic heterocycles. The largest absolute Gasteiger partial charge is 0.384 e. The van der Waals surface area contributed by atoms with E-state index in [0.717, 1.165) is 18.1 Å². The van der Waals surface area contributed by atoms with Crippen molar-refractivity contribution in [1.29, 1.82) is 0 Å². The zero-order valence-electron chi connectivity index (χ0n) is 8.62. The number of aromatic nitrogens is 3. The molecule has 1 aliphatic carbocycles. The first-order valence-corrected chi connectivity index (χ1v) is 5.30. The molecule has 4 heteroatoms. The van der Waals surface area contributed by atoms with Crippen LogP contribution >= 0.6 is 0 Å². The summed E-state index contributed by atoms with van der Waals surface area (Å²) >= 11 is 0. The number of H-pyrrole nitrogens is 1. The van der Waals surface area contributed by atoms with Crippen molar-refractivity contribution in [3.63, 3.8) is 0 Å². The summed E-state index contributed by atoms with van der Waals surface area (Å²) in [6, 6.07) is 0. The molecule has 0 radical (unpaired) electrons. The molecule has 1 aliphatic rings. The Labute approximate surface area is 84.1 Å². The average Bonchev–Trinajstić information content (AvgIpc) is 2.85. The second-order valence-corrected chi connectivity index (χ2v) is 3.86. The first-order valence-electron chi connectivity index (χ1n) is 5.30. The predicted octanol–water partition coefficient (Wildman–Crippen LogP) is 1.65. The van der Waals surface area contributed by atoms with Crippen molar-refractivity contribution in [2.75, 3.05) is 13.7 Å². The van der Waals surface area contributed by atoms with Crippen LogP contribution in [0, 0.1) is 0 Å². The van der Waals surface area contributed by atoms with Crippen LogP contribution in [0.25, 0.3) is 0 Å². The lowest BCUT2D eigenvalue weighted by molar-refractivity contribution is 0.200. The smallest absolute Gasteiger partial charge is 0.153 e. The van der Waals surface area contributed by atoms with Gasteiger partial charge >= 0.3 is 0 Å². The molecule has 1 N–H and O–H groups in total. The minimum atomic E-state index is 0.600. The van der Waals surface area contributed by atoms with Gasteiger partial charge in [0, 0.05) is 19.4 Å². The minimum absolute atomic E-state index is 0.600. The standard InChI is InChI=1S/C10H17N3O/c1-14-7-6-9-11-10(13-12-9)8-4-2-3-5-8/h8H,2-7H2,1H3,(H,11,12,13). The summed E-state index contributed by atoms with van der Waals surface area (Å²) in [7, 11) is 1.70. The van der Waals surface area contributed by atoms with E-state index in [1.807, 2.05) is 0 Å². The van der Waals surface area contributed by atoms with Gasteiger partial charge in [-0.3, -0.25) is 5.10 Å². The number of nitrogens with one attached hydrogen (secondary N) is 1. The molecule has 0 saturated heterocycles. The summed E-state index contributed by atoms with van der Waals surface area (Å²) in [6.45, 7) is 0.708. The third kappa shape index (κ3) is 2.12. The van der Waals surface area contributed by atoms with Gasteiger partial charge in [0.2, 0.25) is 0 Å². The van der Waals surface area contributed by atoms with Crippen molar-refractivity contribution in [3.8, 4) is 0 Å². The lowest BCUT2D eigenvalue weighted by atomic mass is 10.1. The summed E-state index contributed by atoms with van der Waals surface area (Å²) in [4.78, 5) is 4.48. The second kappa shape index (κ2) is 4.55. The van der Waals surface area contributed by atoms with Gasteiger partial charge in [0.15, 0.2) is 5.82 Å².